The summed E-state index contributed by atoms with van der Waals surface area (Å²) < 4.78 is 22.3. The first-order chi connectivity index (χ1) is 18.7. The normalized spacial score (nSPS) is 15.4. The summed E-state index contributed by atoms with van der Waals surface area (Å²) in [5.41, 5.74) is 0.824. The Kier molecular flexibility index (Phi) is 6.90. The summed E-state index contributed by atoms with van der Waals surface area (Å²) in [5, 5.41) is 13.2. The minimum Gasteiger partial charge on any atom is -0.493 e. The molecule has 0 spiro atoms. The number of ether oxygens (including phenoxy) is 4. The number of amides is 4. The zero-order valence-electron chi connectivity index (χ0n) is 20.1. The third-order valence-corrected chi connectivity index (χ3v) is 6.37. The van der Waals surface area contributed by atoms with Crippen molar-refractivity contribution in [3.8, 4) is 23.0 Å². The van der Waals surface area contributed by atoms with Crippen LogP contribution in [0.1, 0.15) is 11.1 Å². The molecule has 1 saturated heterocycles. The lowest BCUT2D eigenvalue weighted by Gasteiger charge is -2.26. The van der Waals surface area contributed by atoms with E-state index in [1.54, 1.807) is 30.3 Å². The molecule has 0 saturated carbocycles. The molecular formula is C26H18BrN3O9. The van der Waals surface area contributed by atoms with Gasteiger partial charge in [0, 0.05) is 18.2 Å². The molecule has 3 aromatic carbocycles. The number of carbonyl (C=O) groups is 3. The molecule has 2 aliphatic rings. The smallest absolute Gasteiger partial charge is 0.335 e. The number of nitro groups is 1. The van der Waals surface area contributed by atoms with Gasteiger partial charge in [-0.3, -0.25) is 25.0 Å². The zero-order valence-corrected chi connectivity index (χ0v) is 21.7. The number of nitrogens with one attached hydrogen (secondary N) is 1. The number of rotatable bonds is 7. The lowest BCUT2D eigenvalue weighted by atomic mass is 10.1. The Morgan fingerprint density at radius 3 is 2.67 bits per heavy atom. The van der Waals surface area contributed by atoms with E-state index in [4.69, 9.17) is 18.9 Å². The van der Waals surface area contributed by atoms with Crippen molar-refractivity contribution in [1.29, 1.82) is 0 Å². The van der Waals surface area contributed by atoms with Crippen LogP contribution in [0.2, 0.25) is 0 Å². The summed E-state index contributed by atoms with van der Waals surface area (Å²) in [7, 11) is 1.41. The molecule has 1 N–H and O–H groups in total. The van der Waals surface area contributed by atoms with E-state index in [9.17, 15) is 24.5 Å². The molecule has 13 heteroatoms. The fourth-order valence-electron chi connectivity index (χ4n) is 3.96. The molecule has 0 bridgehead atoms. The van der Waals surface area contributed by atoms with Crippen molar-refractivity contribution in [1.82, 2.24) is 5.32 Å². The number of urea groups is 1. The predicted octanol–water partition coefficient (Wildman–Crippen LogP) is 4.34. The van der Waals surface area contributed by atoms with Crippen molar-refractivity contribution in [3.05, 3.63) is 85.9 Å². The van der Waals surface area contributed by atoms with Crippen molar-refractivity contribution in [3.63, 3.8) is 0 Å². The van der Waals surface area contributed by atoms with E-state index in [-0.39, 0.29) is 36.1 Å². The second-order valence-corrected chi connectivity index (χ2v) is 9.10. The highest BCUT2D eigenvalue weighted by molar-refractivity contribution is 9.10. The topological polar surface area (TPSA) is 147 Å². The molecule has 2 aliphatic heterocycles. The van der Waals surface area contributed by atoms with Crippen LogP contribution in [0.25, 0.3) is 6.08 Å². The summed E-state index contributed by atoms with van der Waals surface area (Å²) in [6.07, 6.45) is 1.32. The highest BCUT2D eigenvalue weighted by atomic mass is 79.9. The highest BCUT2D eigenvalue weighted by Gasteiger charge is 2.37. The number of barbiturate groups is 1. The van der Waals surface area contributed by atoms with Crippen LogP contribution >= 0.6 is 15.9 Å². The van der Waals surface area contributed by atoms with Crippen LogP contribution in [0.15, 0.2) is 64.6 Å². The molecule has 3 aromatic rings. The maximum absolute atomic E-state index is 13.3. The van der Waals surface area contributed by atoms with E-state index in [0.717, 1.165) is 4.90 Å². The Balaban J connectivity index is 1.42. The molecule has 0 radical (unpaired) electrons. The third kappa shape index (κ3) is 5.11. The van der Waals surface area contributed by atoms with Crippen molar-refractivity contribution in [2.75, 3.05) is 18.8 Å². The van der Waals surface area contributed by atoms with Gasteiger partial charge < -0.3 is 18.9 Å². The predicted molar refractivity (Wildman–Crippen MR) is 140 cm³/mol. The van der Waals surface area contributed by atoms with Gasteiger partial charge in [-0.05, 0) is 57.4 Å². The maximum atomic E-state index is 13.3. The summed E-state index contributed by atoms with van der Waals surface area (Å²) in [4.78, 5) is 49.8. The van der Waals surface area contributed by atoms with Crippen molar-refractivity contribution in [2.45, 2.75) is 6.61 Å². The Bertz CT molecular complexity index is 1570. The molecule has 1 fully saturated rings. The molecule has 0 atom stereocenters. The molecule has 39 heavy (non-hydrogen) atoms. The van der Waals surface area contributed by atoms with Crippen LogP contribution in [0.5, 0.6) is 23.0 Å². The number of nitrogens with zero attached hydrogens (tertiary/aromatic N) is 2. The van der Waals surface area contributed by atoms with E-state index in [0.29, 0.717) is 32.8 Å². The molecule has 12 nitrogen and oxygen atoms in total. The van der Waals surface area contributed by atoms with Gasteiger partial charge in [0.05, 0.1) is 22.2 Å². The number of non-ortho nitro benzene ring substituents is 1. The van der Waals surface area contributed by atoms with Gasteiger partial charge in [-0.1, -0.05) is 12.1 Å². The van der Waals surface area contributed by atoms with E-state index in [2.05, 4.69) is 21.2 Å². The number of hydrogen-bond acceptors (Lipinski definition) is 9. The maximum Gasteiger partial charge on any atom is 0.335 e. The Morgan fingerprint density at radius 1 is 1.10 bits per heavy atom. The Morgan fingerprint density at radius 2 is 1.90 bits per heavy atom. The first kappa shape index (κ1) is 25.7. The van der Waals surface area contributed by atoms with Gasteiger partial charge in [0.15, 0.2) is 23.0 Å². The minimum atomic E-state index is -0.898. The van der Waals surface area contributed by atoms with Gasteiger partial charge in [0.2, 0.25) is 6.79 Å². The zero-order chi connectivity index (χ0) is 27.7. The summed E-state index contributed by atoms with van der Waals surface area (Å²) >= 11 is 3.41. The summed E-state index contributed by atoms with van der Waals surface area (Å²) in [5.74, 6) is -0.270. The van der Waals surface area contributed by atoms with Gasteiger partial charge in [-0.2, -0.15) is 0 Å². The number of fused-ring (bicyclic) bond motifs is 1. The lowest BCUT2D eigenvalue weighted by molar-refractivity contribution is -0.384. The molecule has 0 aliphatic carbocycles. The first-order valence-corrected chi connectivity index (χ1v) is 12.1. The van der Waals surface area contributed by atoms with Gasteiger partial charge in [0.1, 0.15) is 12.2 Å². The number of imide groups is 2. The number of benzene rings is 3. The van der Waals surface area contributed by atoms with Crippen LogP contribution in [-0.2, 0) is 16.2 Å². The van der Waals surface area contributed by atoms with Gasteiger partial charge in [0.25, 0.3) is 17.5 Å². The molecule has 0 unspecified atom stereocenters. The lowest BCUT2D eigenvalue weighted by Crippen LogP contribution is -2.54. The standard InChI is InChI=1S/C26H18BrN3O9/c1-36-22-10-15(9-19(27)23(22)37-12-14-3-2-4-17(7-14)30(34)35)8-18-24(31)28-26(33)29(25(18)32)16-5-6-20-21(11-16)39-13-38-20/h2-11H,12-13H2,1H3,(H,28,31,33)/b18-8+. The molecule has 4 amide bonds. The fourth-order valence-corrected chi connectivity index (χ4v) is 4.54. The van der Waals surface area contributed by atoms with Crippen molar-refractivity contribution >= 4 is 51.2 Å². The average Bonchev–Trinajstić information content (AvgIpc) is 3.38. The van der Waals surface area contributed by atoms with Crippen LogP contribution in [0.4, 0.5) is 16.2 Å². The van der Waals surface area contributed by atoms with Crippen LogP contribution in [0.3, 0.4) is 0 Å². The van der Waals surface area contributed by atoms with Crippen LogP contribution < -0.4 is 29.2 Å². The summed E-state index contributed by atoms with van der Waals surface area (Å²) in [6.45, 7) is 0.0365. The molecule has 5 rings (SSSR count). The van der Waals surface area contributed by atoms with E-state index in [1.807, 2.05) is 0 Å². The largest absolute Gasteiger partial charge is 0.493 e. The van der Waals surface area contributed by atoms with Gasteiger partial charge in [-0.25, -0.2) is 9.69 Å². The molecule has 2 heterocycles. The number of carbonyl (C=O) groups excluding carboxylic acids is 3. The Labute approximate surface area is 229 Å². The second-order valence-electron chi connectivity index (χ2n) is 8.25. The number of methoxy groups -OCH3 is 1. The number of hydrogen-bond donors (Lipinski definition) is 1. The van der Waals surface area contributed by atoms with Gasteiger partial charge in [-0.15, -0.1) is 0 Å². The second kappa shape index (κ2) is 10.5. The highest BCUT2D eigenvalue weighted by Crippen LogP contribution is 2.39. The SMILES string of the molecule is COc1cc(/C=C2\C(=O)NC(=O)N(c3ccc4c(c3)OCO4)C2=O)cc(Br)c1OCc1cccc([N+](=O)[O-])c1. The number of anilines is 1. The first-order valence-electron chi connectivity index (χ1n) is 11.3. The van der Waals surface area contributed by atoms with E-state index in [1.165, 1.54) is 37.5 Å². The summed E-state index contributed by atoms with van der Waals surface area (Å²) in [6, 6.07) is 12.8. The monoisotopic (exact) mass is 595 g/mol. The Hall–Kier alpha value is -4.91. The van der Waals surface area contributed by atoms with Crippen molar-refractivity contribution in [2.24, 2.45) is 0 Å². The average molecular weight is 596 g/mol. The van der Waals surface area contributed by atoms with E-state index < -0.39 is 22.8 Å². The van der Waals surface area contributed by atoms with Crippen LogP contribution in [-0.4, -0.2) is 36.7 Å². The fraction of sp³-hybridized carbons (Fsp3) is 0.115. The van der Waals surface area contributed by atoms with E-state index >= 15 is 0 Å². The third-order valence-electron chi connectivity index (χ3n) is 5.78. The quantitative estimate of drug-likeness (QED) is 0.182. The molecule has 198 valence electrons. The van der Waals surface area contributed by atoms with Crippen molar-refractivity contribution < 1.29 is 38.3 Å². The van der Waals surface area contributed by atoms with Gasteiger partial charge >= 0.3 is 6.03 Å². The molecule has 0 aromatic heterocycles. The van der Waals surface area contributed by atoms with Crippen LogP contribution in [0, 0.1) is 10.1 Å². The minimum absolute atomic E-state index is 0.0181. The molecular weight excluding hydrogens is 578 g/mol. The number of nitro benzene ring substituents is 1. The number of halogens is 1.